The molecule has 0 heterocycles. The first-order valence-electron chi connectivity index (χ1n) is 8.98. The third-order valence-electron chi connectivity index (χ3n) is 4.68. The Hall–Kier alpha value is -2.57. The molecule has 3 N–H and O–H groups in total. The van der Waals surface area contributed by atoms with Gasteiger partial charge in [-0.05, 0) is 30.5 Å². The molecular formula is C19H27N3O4. The van der Waals surface area contributed by atoms with Crippen LogP contribution >= 0.6 is 0 Å². The molecule has 7 heteroatoms. The van der Waals surface area contributed by atoms with E-state index in [2.05, 4.69) is 10.6 Å². The van der Waals surface area contributed by atoms with Crippen LogP contribution in [-0.2, 0) is 16.1 Å². The summed E-state index contributed by atoms with van der Waals surface area (Å²) in [7, 11) is 1.56. The Morgan fingerprint density at radius 1 is 1.27 bits per heavy atom. The van der Waals surface area contributed by atoms with Gasteiger partial charge in [-0.1, -0.05) is 31.9 Å². The largest absolute Gasteiger partial charge is 0.481 e. The van der Waals surface area contributed by atoms with Gasteiger partial charge in [0.15, 0.2) is 0 Å². The first-order chi connectivity index (χ1) is 12.4. The average molecular weight is 361 g/mol. The summed E-state index contributed by atoms with van der Waals surface area (Å²) in [5.74, 6) is -1.40. The van der Waals surface area contributed by atoms with Crippen LogP contribution in [0, 0.1) is 11.8 Å². The number of nitrogens with one attached hydrogen (secondary N) is 2. The summed E-state index contributed by atoms with van der Waals surface area (Å²) in [5.41, 5.74) is 1.59. The molecule has 3 amide bonds. The highest BCUT2D eigenvalue weighted by atomic mass is 16.4. The highest BCUT2D eigenvalue weighted by molar-refractivity contribution is 5.92. The van der Waals surface area contributed by atoms with E-state index in [9.17, 15) is 14.4 Å². The van der Waals surface area contributed by atoms with Gasteiger partial charge in [0.25, 0.3) is 0 Å². The van der Waals surface area contributed by atoms with E-state index in [1.807, 2.05) is 24.3 Å². The molecular weight excluding hydrogens is 334 g/mol. The first-order valence-corrected chi connectivity index (χ1v) is 8.98. The molecule has 142 valence electrons. The van der Waals surface area contributed by atoms with Crippen LogP contribution in [0.4, 0.5) is 10.5 Å². The van der Waals surface area contributed by atoms with Gasteiger partial charge in [-0.15, -0.1) is 0 Å². The molecule has 1 aromatic carbocycles. The molecule has 1 unspecified atom stereocenters. The lowest BCUT2D eigenvalue weighted by molar-refractivity contribution is -0.141. The summed E-state index contributed by atoms with van der Waals surface area (Å²) in [5, 5.41) is 14.6. The first kappa shape index (κ1) is 19.8. The van der Waals surface area contributed by atoms with Crippen LogP contribution in [-0.4, -0.2) is 41.5 Å². The number of aliphatic carboxylic acids is 1. The summed E-state index contributed by atoms with van der Waals surface area (Å²) in [6.07, 6.45) is 4.11. The normalized spacial score (nSPS) is 15.3. The lowest BCUT2D eigenvalue weighted by Gasteiger charge is -2.20. The maximum Gasteiger partial charge on any atom is 0.317 e. The molecule has 0 aromatic heterocycles. The van der Waals surface area contributed by atoms with Crippen molar-refractivity contribution in [2.45, 2.75) is 39.2 Å². The van der Waals surface area contributed by atoms with E-state index >= 15 is 0 Å². The van der Waals surface area contributed by atoms with Gasteiger partial charge in [-0.25, -0.2) is 4.79 Å². The molecule has 26 heavy (non-hydrogen) atoms. The van der Waals surface area contributed by atoms with Crippen LogP contribution in [0.3, 0.4) is 0 Å². The minimum Gasteiger partial charge on any atom is -0.481 e. The number of anilines is 1. The van der Waals surface area contributed by atoms with E-state index in [0.717, 1.165) is 36.9 Å². The number of carboxylic acids is 1. The van der Waals surface area contributed by atoms with Gasteiger partial charge in [-0.2, -0.15) is 0 Å². The highest BCUT2D eigenvalue weighted by Crippen LogP contribution is 2.26. The molecule has 1 atom stereocenters. The molecule has 1 fully saturated rings. The van der Waals surface area contributed by atoms with Crippen LogP contribution in [0.1, 0.15) is 38.2 Å². The Bertz CT molecular complexity index is 656. The molecule has 0 radical (unpaired) electrons. The fraction of sp³-hybridized carbons (Fsp3) is 0.526. The summed E-state index contributed by atoms with van der Waals surface area (Å²) >= 11 is 0. The Labute approximate surface area is 153 Å². The molecule has 0 saturated heterocycles. The smallest absolute Gasteiger partial charge is 0.317 e. The quantitative estimate of drug-likeness (QED) is 0.695. The van der Waals surface area contributed by atoms with Gasteiger partial charge in [-0.3, -0.25) is 9.59 Å². The number of urea groups is 1. The van der Waals surface area contributed by atoms with Crippen molar-refractivity contribution in [1.29, 1.82) is 0 Å². The summed E-state index contributed by atoms with van der Waals surface area (Å²) in [4.78, 5) is 36.5. The summed E-state index contributed by atoms with van der Waals surface area (Å²) in [6, 6.07) is 7.04. The Balaban J connectivity index is 1.84. The maximum atomic E-state index is 12.2. The molecule has 1 aliphatic carbocycles. The average Bonchev–Trinajstić information content (AvgIpc) is 3.14. The summed E-state index contributed by atoms with van der Waals surface area (Å²) < 4.78 is 0. The van der Waals surface area contributed by atoms with Crippen molar-refractivity contribution in [2.75, 3.05) is 18.9 Å². The lowest BCUT2D eigenvalue weighted by atomic mass is 10.1. The number of benzene rings is 1. The van der Waals surface area contributed by atoms with Gasteiger partial charge < -0.3 is 20.6 Å². The Kier molecular flexibility index (Phi) is 7.00. The van der Waals surface area contributed by atoms with Crippen LogP contribution in [0.2, 0.25) is 0 Å². The second-order valence-electron chi connectivity index (χ2n) is 6.95. The van der Waals surface area contributed by atoms with Crippen molar-refractivity contribution < 1.29 is 19.5 Å². The monoisotopic (exact) mass is 361 g/mol. The molecule has 1 aliphatic rings. The minimum atomic E-state index is -0.935. The highest BCUT2D eigenvalue weighted by Gasteiger charge is 2.22. The Morgan fingerprint density at radius 2 is 1.96 bits per heavy atom. The third-order valence-corrected chi connectivity index (χ3v) is 4.68. The predicted molar refractivity (Wildman–Crippen MR) is 98.7 cm³/mol. The SMILES string of the molecule is CC(CN(C)C(=O)NCc1cccc(NC(=O)C2CCCC2)c1)C(=O)O. The van der Waals surface area contributed by atoms with Crippen molar-refractivity contribution in [2.24, 2.45) is 11.8 Å². The lowest BCUT2D eigenvalue weighted by Crippen LogP contribution is -2.40. The molecule has 7 nitrogen and oxygen atoms in total. The number of carbonyl (C=O) groups is 3. The van der Waals surface area contributed by atoms with E-state index in [4.69, 9.17) is 5.11 Å². The molecule has 0 bridgehead atoms. The predicted octanol–water partition coefficient (Wildman–Crippen LogP) is 2.68. The molecule has 0 spiro atoms. The molecule has 1 saturated carbocycles. The van der Waals surface area contributed by atoms with E-state index in [-0.39, 0.29) is 24.4 Å². The van der Waals surface area contributed by atoms with Gasteiger partial charge in [0, 0.05) is 31.7 Å². The standard InChI is InChI=1S/C19H27N3O4/c1-13(18(24)25)12-22(2)19(26)20-11-14-6-5-9-16(10-14)21-17(23)15-7-3-4-8-15/h5-6,9-10,13,15H,3-4,7-8,11-12H2,1-2H3,(H,20,26)(H,21,23)(H,24,25). The number of hydrogen-bond donors (Lipinski definition) is 3. The number of rotatable bonds is 7. The number of carboxylic acid groups (broad SMARTS) is 1. The molecule has 1 aromatic rings. The van der Waals surface area contributed by atoms with Gasteiger partial charge >= 0.3 is 12.0 Å². The van der Waals surface area contributed by atoms with Crippen molar-refractivity contribution in [3.8, 4) is 0 Å². The fourth-order valence-electron chi connectivity index (χ4n) is 3.08. The van der Waals surface area contributed by atoms with Gasteiger partial charge in [0.05, 0.1) is 5.92 Å². The van der Waals surface area contributed by atoms with E-state index in [1.165, 1.54) is 4.90 Å². The third kappa shape index (κ3) is 5.75. The number of carbonyl (C=O) groups excluding carboxylic acids is 2. The number of amides is 3. The van der Waals surface area contributed by atoms with Crippen LogP contribution in [0.15, 0.2) is 24.3 Å². The zero-order chi connectivity index (χ0) is 19.1. The number of hydrogen-bond acceptors (Lipinski definition) is 3. The van der Waals surface area contributed by atoms with Crippen molar-refractivity contribution in [3.05, 3.63) is 29.8 Å². The number of nitrogens with zero attached hydrogens (tertiary/aromatic N) is 1. The summed E-state index contributed by atoms with van der Waals surface area (Å²) in [6.45, 7) is 2.00. The van der Waals surface area contributed by atoms with E-state index in [0.29, 0.717) is 6.54 Å². The van der Waals surface area contributed by atoms with Crippen LogP contribution in [0.5, 0.6) is 0 Å². The topological polar surface area (TPSA) is 98.7 Å². The second kappa shape index (κ2) is 9.22. The van der Waals surface area contributed by atoms with E-state index in [1.54, 1.807) is 14.0 Å². The molecule has 0 aliphatic heterocycles. The zero-order valence-electron chi connectivity index (χ0n) is 15.3. The van der Waals surface area contributed by atoms with Gasteiger partial charge in [0.1, 0.15) is 0 Å². The van der Waals surface area contributed by atoms with Crippen molar-refractivity contribution >= 4 is 23.6 Å². The zero-order valence-corrected chi connectivity index (χ0v) is 15.3. The van der Waals surface area contributed by atoms with E-state index < -0.39 is 11.9 Å². The van der Waals surface area contributed by atoms with Crippen LogP contribution in [0.25, 0.3) is 0 Å². The van der Waals surface area contributed by atoms with Crippen molar-refractivity contribution in [3.63, 3.8) is 0 Å². The second-order valence-corrected chi connectivity index (χ2v) is 6.95. The molecule has 2 rings (SSSR count). The maximum absolute atomic E-state index is 12.2. The van der Waals surface area contributed by atoms with Crippen LogP contribution < -0.4 is 10.6 Å². The Morgan fingerprint density at radius 3 is 2.62 bits per heavy atom. The van der Waals surface area contributed by atoms with Gasteiger partial charge in [0.2, 0.25) is 5.91 Å². The fourth-order valence-corrected chi connectivity index (χ4v) is 3.08. The van der Waals surface area contributed by atoms with Crippen molar-refractivity contribution in [1.82, 2.24) is 10.2 Å². The minimum absolute atomic E-state index is 0.0612.